The average Bonchev–Trinajstić information content (AvgIpc) is 2.81. The SMILES string of the molecule is CO[C@@H]1C[C@@H](CO)N(c2ccc(F)cc2C#N)C1. The molecule has 18 heavy (non-hydrogen) atoms. The molecule has 0 unspecified atom stereocenters. The molecule has 0 amide bonds. The lowest BCUT2D eigenvalue weighted by Gasteiger charge is -2.25. The van der Waals surface area contributed by atoms with Crippen LogP contribution in [0.5, 0.6) is 0 Å². The van der Waals surface area contributed by atoms with Gasteiger partial charge in [-0.1, -0.05) is 0 Å². The van der Waals surface area contributed by atoms with Gasteiger partial charge < -0.3 is 14.7 Å². The van der Waals surface area contributed by atoms with E-state index < -0.39 is 5.82 Å². The predicted octanol–water partition coefficient (Wildman–Crippen LogP) is 1.28. The number of hydrogen-bond acceptors (Lipinski definition) is 4. The Morgan fingerprint density at radius 3 is 3.00 bits per heavy atom. The first kappa shape index (κ1) is 12.8. The highest BCUT2D eigenvalue weighted by molar-refractivity contribution is 5.60. The summed E-state index contributed by atoms with van der Waals surface area (Å²) in [5, 5.41) is 18.4. The molecule has 1 heterocycles. The molecule has 1 N–H and O–H groups in total. The van der Waals surface area contributed by atoms with Gasteiger partial charge in [-0.2, -0.15) is 5.26 Å². The van der Waals surface area contributed by atoms with Crippen molar-refractivity contribution in [3.63, 3.8) is 0 Å². The zero-order valence-electron chi connectivity index (χ0n) is 10.1. The normalized spacial score (nSPS) is 23.1. The minimum atomic E-state index is -0.432. The van der Waals surface area contributed by atoms with Crippen molar-refractivity contribution in [2.75, 3.05) is 25.2 Å². The molecule has 4 nitrogen and oxygen atoms in total. The number of aliphatic hydroxyl groups is 1. The molecule has 0 saturated carbocycles. The Morgan fingerprint density at radius 1 is 1.61 bits per heavy atom. The fraction of sp³-hybridized carbons (Fsp3) is 0.462. The minimum Gasteiger partial charge on any atom is -0.394 e. The summed E-state index contributed by atoms with van der Waals surface area (Å²) in [5.74, 6) is -0.432. The number of halogens is 1. The van der Waals surface area contributed by atoms with E-state index in [0.29, 0.717) is 18.7 Å². The highest BCUT2D eigenvalue weighted by Gasteiger charge is 2.32. The summed E-state index contributed by atoms with van der Waals surface area (Å²) >= 11 is 0. The Bertz CT molecular complexity index is 473. The van der Waals surface area contributed by atoms with Gasteiger partial charge in [-0.05, 0) is 24.6 Å². The van der Waals surface area contributed by atoms with Gasteiger partial charge in [0.05, 0.1) is 30.0 Å². The third-order valence-electron chi connectivity index (χ3n) is 3.31. The second kappa shape index (κ2) is 5.34. The molecule has 1 aromatic rings. The number of methoxy groups -OCH3 is 1. The highest BCUT2D eigenvalue weighted by Crippen LogP contribution is 2.29. The molecular formula is C13H15FN2O2. The number of aliphatic hydroxyl groups excluding tert-OH is 1. The van der Waals surface area contributed by atoms with Crippen LogP contribution in [-0.2, 0) is 4.74 Å². The fourth-order valence-corrected chi connectivity index (χ4v) is 2.36. The zero-order valence-corrected chi connectivity index (χ0v) is 10.1. The maximum Gasteiger partial charge on any atom is 0.124 e. The van der Waals surface area contributed by atoms with Gasteiger partial charge in [0.25, 0.3) is 0 Å². The van der Waals surface area contributed by atoms with Gasteiger partial charge in [0.1, 0.15) is 11.9 Å². The predicted molar refractivity (Wildman–Crippen MR) is 64.7 cm³/mol. The van der Waals surface area contributed by atoms with Gasteiger partial charge in [-0.25, -0.2) is 4.39 Å². The van der Waals surface area contributed by atoms with Gasteiger partial charge in [0.15, 0.2) is 0 Å². The van der Waals surface area contributed by atoms with Crippen LogP contribution in [0.2, 0.25) is 0 Å². The molecular weight excluding hydrogens is 235 g/mol. The van der Waals surface area contributed by atoms with E-state index in [9.17, 15) is 9.50 Å². The third-order valence-corrected chi connectivity index (χ3v) is 3.31. The Hall–Kier alpha value is -1.64. The minimum absolute atomic E-state index is 0.0118. The number of nitrogens with zero attached hydrogens (tertiary/aromatic N) is 2. The molecule has 0 bridgehead atoms. The maximum absolute atomic E-state index is 13.1. The van der Waals surface area contributed by atoms with Crippen molar-refractivity contribution in [2.24, 2.45) is 0 Å². The lowest BCUT2D eigenvalue weighted by Crippen LogP contribution is -2.33. The van der Waals surface area contributed by atoms with E-state index in [4.69, 9.17) is 10.00 Å². The van der Waals surface area contributed by atoms with Gasteiger partial charge in [-0.15, -0.1) is 0 Å². The summed E-state index contributed by atoms with van der Waals surface area (Å²) in [6, 6.07) is 6.01. The Kier molecular flexibility index (Phi) is 3.80. The standard InChI is InChI=1S/C13H15FN2O2/c1-18-12-5-11(8-17)16(7-12)13-3-2-10(14)4-9(13)6-15/h2-4,11-12,17H,5,7-8H2,1H3/t11-,12+/m0/s1. The number of nitriles is 1. The molecule has 1 fully saturated rings. The molecule has 1 aliphatic rings. The van der Waals surface area contributed by atoms with Crippen LogP contribution in [-0.4, -0.2) is 37.5 Å². The van der Waals surface area contributed by atoms with Gasteiger partial charge in [-0.3, -0.25) is 0 Å². The molecule has 5 heteroatoms. The summed E-state index contributed by atoms with van der Waals surface area (Å²) in [7, 11) is 1.62. The molecule has 1 aromatic carbocycles. The van der Waals surface area contributed by atoms with Crippen LogP contribution >= 0.6 is 0 Å². The van der Waals surface area contributed by atoms with Crippen LogP contribution in [0.4, 0.5) is 10.1 Å². The lowest BCUT2D eigenvalue weighted by atomic mass is 10.1. The van der Waals surface area contributed by atoms with Crippen LogP contribution in [0.15, 0.2) is 18.2 Å². The summed E-state index contributed by atoms with van der Waals surface area (Å²) in [6.07, 6.45) is 0.730. The summed E-state index contributed by atoms with van der Waals surface area (Å²) in [4.78, 5) is 1.91. The highest BCUT2D eigenvalue weighted by atomic mass is 19.1. The van der Waals surface area contributed by atoms with Crippen LogP contribution in [0.1, 0.15) is 12.0 Å². The van der Waals surface area contributed by atoms with E-state index in [-0.39, 0.29) is 24.3 Å². The quantitative estimate of drug-likeness (QED) is 0.878. The first-order valence-corrected chi connectivity index (χ1v) is 5.79. The van der Waals surface area contributed by atoms with Gasteiger partial charge in [0, 0.05) is 13.7 Å². The van der Waals surface area contributed by atoms with Crippen LogP contribution in [0, 0.1) is 17.1 Å². The van der Waals surface area contributed by atoms with Crippen molar-refractivity contribution >= 4 is 5.69 Å². The Morgan fingerprint density at radius 2 is 2.39 bits per heavy atom. The van der Waals surface area contributed by atoms with E-state index in [2.05, 4.69) is 0 Å². The second-order valence-electron chi connectivity index (χ2n) is 4.36. The molecule has 0 radical (unpaired) electrons. The molecule has 2 rings (SSSR count). The first-order chi connectivity index (χ1) is 8.69. The molecule has 96 valence electrons. The Balaban J connectivity index is 2.33. The number of rotatable bonds is 3. The maximum atomic E-state index is 13.1. The first-order valence-electron chi connectivity index (χ1n) is 5.79. The van der Waals surface area contributed by atoms with Crippen LogP contribution < -0.4 is 4.90 Å². The fourth-order valence-electron chi connectivity index (χ4n) is 2.36. The van der Waals surface area contributed by atoms with Crippen molar-refractivity contribution in [1.82, 2.24) is 0 Å². The zero-order chi connectivity index (χ0) is 13.1. The molecule has 1 aliphatic heterocycles. The number of anilines is 1. The Labute approximate surface area is 105 Å². The molecule has 0 aromatic heterocycles. The lowest BCUT2D eigenvalue weighted by molar-refractivity contribution is 0.115. The molecule has 0 spiro atoms. The number of hydrogen-bond donors (Lipinski definition) is 1. The van der Waals surface area contributed by atoms with Crippen LogP contribution in [0.3, 0.4) is 0 Å². The summed E-state index contributed by atoms with van der Waals surface area (Å²) in [6.45, 7) is 0.587. The van der Waals surface area contributed by atoms with E-state index >= 15 is 0 Å². The van der Waals surface area contributed by atoms with Gasteiger partial charge in [0.2, 0.25) is 0 Å². The van der Waals surface area contributed by atoms with E-state index in [1.807, 2.05) is 11.0 Å². The van der Waals surface area contributed by atoms with Crippen molar-refractivity contribution < 1.29 is 14.2 Å². The average molecular weight is 250 g/mol. The smallest absolute Gasteiger partial charge is 0.124 e. The van der Waals surface area contributed by atoms with Crippen LogP contribution in [0.25, 0.3) is 0 Å². The number of benzene rings is 1. The summed E-state index contributed by atoms with van der Waals surface area (Å²) in [5.41, 5.74) is 0.933. The monoisotopic (exact) mass is 250 g/mol. The van der Waals surface area contributed by atoms with Crippen molar-refractivity contribution in [1.29, 1.82) is 5.26 Å². The number of ether oxygens (including phenoxy) is 1. The topological polar surface area (TPSA) is 56.5 Å². The van der Waals surface area contributed by atoms with Gasteiger partial charge >= 0.3 is 0 Å². The largest absolute Gasteiger partial charge is 0.394 e. The van der Waals surface area contributed by atoms with Crippen molar-refractivity contribution in [3.8, 4) is 6.07 Å². The van der Waals surface area contributed by atoms with Crippen molar-refractivity contribution in [2.45, 2.75) is 18.6 Å². The second-order valence-corrected chi connectivity index (χ2v) is 4.36. The van der Waals surface area contributed by atoms with E-state index in [0.717, 1.165) is 0 Å². The summed E-state index contributed by atoms with van der Waals surface area (Å²) < 4.78 is 18.4. The molecule has 2 atom stereocenters. The van der Waals surface area contributed by atoms with Crippen molar-refractivity contribution in [3.05, 3.63) is 29.6 Å². The molecule has 1 saturated heterocycles. The van der Waals surface area contributed by atoms with E-state index in [1.165, 1.54) is 12.1 Å². The van der Waals surface area contributed by atoms with E-state index in [1.54, 1.807) is 13.2 Å². The third kappa shape index (κ3) is 2.30. The molecule has 0 aliphatic carbocycles.